The quantitative estimate of drug-likeness (QED) is 0.584. The van der Waals surface area contributed by atoms with Crippen molar-refractivity contribution in [1.82, 2.24) is 5.32 Å². The van der Waals surface area contributed by atoms with Crippen molar-refractivity contribution in [2.45, 2.75) is 25.8 Å². The van der Waals surface area contributed by atoms with Gasteiger partial charge in [0.1, 0.15) is 5.75 Å². The van der Waals surface area contributed by atoms with Crippen molar-refractivity contribution in [3.63, 3.8) is 0 Å². The van der Waals surface area contributed by atoms with E-state index in [-0.39, 0.29) is 0 Å². The number of hydrogen-bond acceptors (Lipinski definition) is 2. The maximum Gasteiger partial charge on any atom is 0.124 e. The van der Waals surface area contributed by atoms with Crippen molar-refractivity contribution < 1.29 is 4.74 Å². The Bertz CT molecular complexity index is 350. The van der Waals surface area contributed by atoms with E-state index < -0.39 is 0 Å². The third-order valence-electron chi connectivity index (χ3n) is 2.56. The van der Waals surface area contributed by atoms with Crippen LogP contribution >= 0.6 is 0 Å². The first kappa shape index (κ1) is 12.6. The molecule has 0 bridgehead atoms. The van der Waals surface area contributed by atoms with Crippen molar-refractivity contribution in [3.8, 4) is 18.1 Å². The molecule has 1 rings (SSSR count). The minimum atomic E-state index is 0.335. The van der Waals surface area contributed by atoms with Crippen molar-refractivity contribution >= 4 is 0 Å². The van der Waals surface area contributed by atoms with E-state index in [1.807, 2.05) is 25.2 Å². The van der Waals surface area contributed by atoms with Crippen LogP contribution in [0.2, 0.25) is 0 Å². The molecular weight excluding hydrogens is 198 g/mol. The molecule has 1 aromatic carbocycles. The molecule has 1 atom stereocenters. The summed E-state index contributed by atoms with van der Waals surface area (Å²) in [5, 5.41) is 3.28. The lowest BCUT2D eigenvalue weighted by atomic mass is 10.0. The number of hydrogen-bond donors (Lipinski definition) is 1. The second kappa shape index (κ2) is 6.92. The highest BCUT2D eigenvalue weighted by atomic mass is 16.5. The third-order valence-corrected chi connectivity index (χ3v) is 2.56. The van der Waals surface area contributed by atoms with Crippen LogP contribution in [0.5, 0.6) is 5.75 Å². The summed E-state index contributed by atoms with van der Waals surface area (Å²) in [6.45, 7) is 2.73. The summed E-state index contributed by atoms with van der Waals surface area (Å²) in [5.74, 6) is 3.50. The molecule has 0 fully saturated rings. The van der Waals surface area contributed by atoms with Gasteiger partial charge in [0.2, 0.25) is 0 Å². The highest BCUT2D eigenvalue weighted by Crippen LogP contribution is 2.26. The van der Waals surface area contributed by atoms with Crippen LogP contribution in [-0.2, 0) is 0 Å². The largest absolute Gasteiger partial charge is 0.492 e. The Hall–Kier alpha value is -1.46. The number of nitrogens with one attached hydrogen (secondary N) is 1. The highest BCUT2D eigenvalue weighted by Gasteiger charge is 2.11. The lowest BCUT2D eigenvalue weighted by molar-refractivity contribution is 0.319. The van der Waals surface area contributed by atoms with Gasteiger partial charge in [-0.05, 0) is 19.5 Å². The van der Waals surface area contributed by atoms with Crippen LogP contribution < -0.4 is 10.1 Å². The molecule has 1 N–H and O–H groups in total. The number of ether oxygens (including phenoxy) is 1. The van der Waals surface area contributed by atoms with E-state index in [1.54, 1.807) is 0 Å². The van der Waals surface area contributed by atoms with Gasteiger partial charge in [-0.1, -0.05) is 25.1 Å². The Morgan fingerprint density at radius 2 is 2.19 bits per heavy atom. The normalized spacial score (nSPS) is 11.8. The molecule has 1 unspecified atom stereocenters. The van der Waals surface area contributed by atoms with Crippen molar-refractivity contribution in [1.29, 1.82) is 0 Å². The molecule has 0 heterocycles. The maximum atomic E-state index is 5.68. The van der Waals surface area contributed by atoms with E-state index in [0.29, 0.717) is 19.1 Å². The molecule has 0 saturated carbocycles. The zero-order valence-corrected chi connectivity index (χ0v) is 9.99. The number of terminal acetylenes is 1. The van der Waals surface area contributed by atoms with E-state index in [0.717, 1.165) is 12.2 Å². The van der Waals surface area contributed by atoms with Gasteiger partial charge in [0, 0.05) is 18.0 Å². The van der Waals surface area contributed by atoms with E-state index >= 15 is 0 Å². The Morgan fingerprint density at radius 1 is 1.44 bits per heavy atom. The maximum absolute atomic E-state index is 5.68. The summed E-state index contributed by atoms with van der Waals surface area (Å²) >= 11 is 0. The highest BCUT2D eigenvalue weighted by molar-refractivity contribution is 5.35. The molecule has 0 saturated heterocycles. The topological polar surface area (TPSA) is 21.3 Å². The van der Waals surface area contributed by atoms with Gasteiger partial charge in [0.25, 0.3) is 0 Å². The van der Waals surface area contributed by atoms with Crippen LogP contribution in [0.3, 0.4) is 0 Å². The van der Waals surface area contributed by atoms with Crippen LogP contribution in [0.4, 0.5) is 0 Å². The van der Waals surface area contributed by atoms with Gasteiger partial charge in [-0.25, -0.2) is 0 Å². The lowest BCUT2D eigenvalue weighted by Gasteiger charge is -2.18. The number of rotatable bonds is 6. The van der Waals surface area contributed by atoms with Gasteiger partial charge in [-0.3, -0.25) is 0 Å². The number of para-hydroxylation sites is 1. The average Bonchev–Trinajstić information content (AvgIpc) is 2.33. The van der Waals surface area contributed by atoms with E-state index in [2.05, 4.69) is 24.2 Å². The van der Waals surface area contributed by atoms with Crippen molar-refractivity contribution in [3.05, 3.63) is 29.8 Å². The van der Waals surface area contributed by atoms with Gasteiger partial charge in [0.05, 0.1) is 6.61 Å². The predicted octanol–water partition coefficient (Wildman–Crippen LogP) is 2.76. The van der Waals surface area contributed by atoms with Crippen LogP contribution in [-0.4, -0.2) is 13.7 Å². The molecule has 0 amide bonds. The van der Waals surface area contributed by atoms with Gasteiger partial charge < -0.3 is 10.1 Å². The summed E-state index contributed by atoms with van der Waals surface area (Å²) in [7, 11) is 1.96. The van der Waals surface area contributed by atoms with E-state index in [4.69, 9.17) is 11.2 Å². The molecule has 0 radical (unpaired) electrons. The van der Waals surface area contributed by atoms with Gasteiger partial charge in [-0.15, -0.1) is 12.3 Å². The first-order valence-corrected chi connectivity index (χ1v) is 5.66. The van der Waals surface area contributed by atoms with E-state index in [9.17, 15) is 0 Å². The summed E-state index contributed by atoms with van der Waals surface area (Å²) < 4.78 is 5.68. The second-order valence-electron chi connectivity index (χ2n) is 3.59. The van der Waals surface area contributed by atoms with Crippen LogP contribution in [0.15, 0.2) is 24.3 Å². The molecule has 2 heteroatoms. The molecule has 0 aliphatic rings. The fraction of sp³-hybridized carbons (Fsp3) is 0.429. The molecule has 0 aliphatic carbocycles. The van der Waals surface area contributed by atoms with Crippen molar-refractivity contribution in [2.24, 2.45) is 0 Å². The molecule has 0 aromatic heterocycles. The van der Waals surface area contributed by atoms with Crippen LogP contribution in [0.25, 0.3) is 0 Å². The Morgan fingerprint density at radius 3 is 2.81 bits per heavy atom. The summed E-state index contributed by atoms with van der Waals surface area (Å²) in [6, 6.07) is 8.43. The van der Waals surface area contributed by atoms with Crippen LogP contribution in [0.1, 0.15) is 31.4 Å². The number of benzene rings is 1. The molecule has 86 valence electrons. The minimum Gasteiger partial charge on any atom is -0.492 e. The third kappa shape index (κ3) is 3.29. The molecule has 0 spiro atoms. The first-order valence-electron chi connectivity index (χ1n) is 5.66. The van der Waals surface area contributed by atoms with E-state index in [1.165, 1.54) is 5.56 Å². The second-order valence-corrected chi connectivity index (χ2v) is 3.59. The molecule has 1 aromatic rings. The molecular formula is C14H19NO. The van der Waals surface area contributed by atoms with Crippen molar-refractivity contribution in [2.75, 3.05) is 13.7 Å². The Balaban J connectivity index is 2.78. The zero-order valence-electron chi connectivity index (χ0n) is 9.99. The SMILES string of the molecule is C#CCCOc1ccccc1C(CC)NC. The minimum absolute atomic E-state index is 0.335. The fourth-order valence-corrected chi connectivity index (χ4v) is 1.70. The zero-order chi connectivity index (χ0) is 11.8. The lowest BCUT2D eigenvalue weighted by Crippen LogP contribution is -2.16. The first-order chi connectivity index (χ1) is 7.83. The Kier molecular flexibility index (Phi) is 5.45. The van der Waals surface area contributed by atoms with Gasteiger partial charge >= 0.3 is 0 Å². The fourth-order valence-electron chi connectivity index (χ4n) is 1.70. The van der Waals surface area contributed by atoms with Gasteiger partial charge in [-0.2, -0.15) is 0 Å². The molecule has 16 heavy (non-hydrogen) atoms. The summed E-state index contributed by atoms with van der Waals surface area (Å²) in [4.78, 5) is 0. The monoisotopic (exact) mass is 217 g/mol. The van der Waals surface area contributed by atoms with Gasteiger partial charge in [0.15, 0.2) is 0 Å². The summed E-state index contributed by atoms with van der Waals surface area (Å²) in [6.07, 6.45) is 6.88. The average molecular weight is 217 g/mol. The van der Waals surface area contributed by atoms with Crippen LogP contribution in [0, 0.1) is 12.3 Å². The summed E-state index contributed by atoms with van der Waals surface area (Å²) in [5.41, 5.74) is 1.20. The smallest absolute Gasteiger partial charge is 0.124 e. The Labute approximate surface area is 98.0 Å². The molecule has 0 aliphatic heterocycles. The molecule has 2 nitrogen and oxygen atoms in total. The predicted molar refractivity (Wildman–Crippen MR) is 67.5 cm³/mol. The standard InChI is InChI=1S/C14H19NO/c1-4-6-11-16-14-10-8-7-9-12(14)13(5-2)15-3/h1,7-10,13,15H,5-6,11H2,2-3H3.